The van der Waals surface area contributed by atoms with Crippen molar-refractivity contribution < 1.29 is 4.79 Å². The van der Waals surface area contributed by atoms with Gasteiger partial charge >= 0.3 is 0 Å². The molecule has 0 atom stereocenters. The van der Waals surface area contributed by atoms with Gasteiger partial charge in [0.2, 0.25) is 11.1 Å². The SMILES string of the molecule is Cc1ccccc1-n1nnnc1SCC(=O)N(C)C1CCCCC1. The Kier molecular flexibility index (Phi) is 5.50. The number of carbonyl (C=O) groups is 1. The summed E-state index contributed by atoms with van der Waals surface area (Å²) in [6.45, 7) is 2.02. The Balaban J connectivity index is 1.64. The van der Waals surface area contributed by atoms with Crippen molar-refractivity contribution in [1.29, 1.82) is 0 Å². The molecule has 0 spiro atoms. The molecule has 1 fully saturated rings. The number of thioether (sulfide) groups is 1. The topological polar surface area (TPSA) is 63.9 Å². The van der Waals surface area contributed by atoms with Gasteiger partial charge in [0.05, 0.1) is 11.4 Å². The van der Waals surface area contributed by atoms with E-state index in [1.54, 1.807) is 4.68 Å². The number of tetrazole rings is 1. The first-order valence-corrected chi connectivity index (χ1v) is 9.38. The van der Waals surface area contributed by atoms with E-state index in [2.05, 4.69) is 15.5 Å². The van der Waals surface area contributed by atoms with E-state index >= 15 is 0 Å². The molecule has 0 aliphatic heterocycles. The van der Waals surface area contributed by atoms with Crippen molar-refractivity contribution in [3.05, 3.63) is 29.8 Å². The van der Waals surface area contributed by atoms with Crippen LogP contribution in [-0.2, 0) is 4.79 Å². The summed E-state index contributed by atoms with van der Waals surface area (Å²) < 4.78 is 1.70. The molecule has 1 aromatic heterocycles. The third-order valence-electron chi connectivity index (χ3n) is 4.63. The third-order valence-corrected chi connectivity index (χ3v) is 5.53. The van der Waals surface area contributed by atoms with Gasteiger partial charge in [-0.05, 0) is 41.8 Å². The number of aromatic nitrogens is 4. The van der Waals surface area contributed by atoms with Crippen LogP contribution in [0.15, 0.2) is 29.4 Å². The van der Waals surface area contributed by atoms with Crippen LogP contribution in [0.1, 0.15) is 37.7 Å². The van der Waals surface area contributed by atoms with Crippen molar-refractivity contribution in [3.63, 3.8) is 0 Å². The number of benzene rings is 1. The minimum absolute atomic E-state index is 0.145. The predicted octanol–water partition coefficient (Wildman–Crippen LogP) is 2.85. The number of hydrogen-bond acceptors (Lipinski definition) is 5. The van der Waals surface area contributed by atoms with Crippen LogP contribution >= 0.6 is 11.8 Å². The highest BCUT2D eigenvalue weighted by atomic mass is 32.2. The van der Waals surface area contributed by atoms with Gasteiger partial charge in [-0.25, -0.2) is 0 Å². The molecular formula is C17H23N5OS. The van der Waals surface area contributed by atoms with Gasteiger partial charge in [0.25, 0.3) is 0 Å². The summed E-state index contributed by atoms with van der Waals surface area (Å²) in [6, 6.07) is 8.33. The number of amides is 1. The third kappa shape index (κ3) is 3.77. The lowest BCUT2D eigenvalue weighted by molar-refractivity contribution is -0.129. The first-order chi connectivity index (χ1) is 11.7. The summed E-state index contributed by atoms with van der Waals surface area (Å²) in [6.07, 6.45) is 5.97. The fourth-order valence-corrected chi connectivity index (χ4v) is 3.93. The van der Waals surface area contributed by atoms with Crippen LogP contribution in [0, 0.1) is 6.92 Å². The number of aryl methyl sites for hydroxylation is 1. The van der Waals surface area contributed by atoms with Crippen LogP contribution in [0.5, 0.6) is 0 Å². The maximum atomic E-state index is 12.5. The second kappa shape index (κ2) is 7.79. The van der Waals surface area contributed by atoms with Gasteiger partial charge in [-0.2, -0.15) is 4.68 Å². The molecule has 1 saturated carbocycles. The Morgan fingerprint density at radius 2 is 2.04 bits per heavy atom. The van der Waals surface area contributed by atoms with E-state index in [1.165, 1.54) is 31.0 Å². The second-order valence-corrected chi connectivity index (χ2v) is 7.19. The summed E-state index contributed by atoms with van der Waals surface area (Å²) in [4.78, 5) is 14.4. The molecule has 0 unspecified atom stereocenters. The summed E-state index contributed by atoms with van der Waals surface area (Å²) >= 11 is 1.39. The molecule has 0 N–H and O–H groups in total. The number of para-hydroxylation sites is 1. The van der Waals surface area contributed by atoms with Gasteiger partial charge in [-0.15, -0.1) is 5.10 Å². The maximum Gasteiger partial charge on any atom is 0.233 e. The van der Waals surface area contributed by atoms with Crippen molar-refractivity contribution in [2.24, 2.45) is 0 Å². The van der Waals surface area contributed by atoms with Crippen molar-refractivity contribution in [2.45, 2.75) is 50.2 Å². The molecule has 1 amide bonds. The zero-order chi connectivity index (χ0) is 16.9. The van der Waals surface area contributed by atoms with E-state index in [9.17, 15) is 4.79 Å². The average Bonchev–Trinajstić information content (AvgIpc) is 3.08. The Hall–Kier alpha value is -1.89. The van der Waals surface area contributed by atoms with Gasteiger partial charge in [-0.3, -0.25) is 4.79 Å². The highest BCUT2D eigenvalue weighted by molar-refractivity contribution is 7.99. The fourth-order valence-electron chi connectivity index (χ4n) is 3.12. The van der Waals surface area contributed by atoms with Crippen LogP contribution in [0.25, 0.3) is 5.69 Å². The highest BCUT2D eigenvalue weighted by Gasteiger charge is 2.22. The van der Waals surface area contributed by atoms with E-state index in [4.69, 9.17) is 0 Å². The van der Waals surface area contributed by atoms with Crippen molar-refractivity contribution in [1.82, 2.24) is 25.1 Å². The summed E-state index contributed by atoms with van der Waals surface area (Å²) in [5, 5.41) is 12.6. The monoisotopic (exact) mass is 345 g/mol. The normalized spacial score (nSPS) is 15.4. The molecule has 2 aromatic rings. The first-order valence-electron chi connectivity index (χ1n) is 8.39. The largest absolute Gasteiger partial charge is 0.342 e. The van der Waals surface area contributed by atoms with Gasteiger partial charge in [0, 0.05) is 13.1 Å². The molecule has 7 heteroatoms. The zero-order valence-electron chi connectivity index (χ0n) is 14.2. The lowest BCUT2D eigenvalue weighted by Gasteiger charge is -2.31. The van der Waals surface area contributed by atoms with Gasteiger partial charge in [-0.1, -0.05) is 49.2 Å². The number of carbonyl (C=O) groups excluding carboxylic acids is 1. The predicted molar refractivity (Wildman–Crippen MR) is 94.3 cm³/mol. The molecule has 0 saturated heterocycles. The quantitative estimate of drug-likeness (QED) is 0.780. The molecule has 0 radical (unpaired) electrons. The fraction of sp³-hybridized carbons (Fsp3) is 0.529. The van der Waals surface area contributed by atoms with Crippen LogP contribution < -0.4 is 0 Å². The highest BCUT2D eigenvalue weighted by Crippen LogP contribution is 2.24. The lowest BCUT2D eigenvalue weighted by atomic mass is 9.94. The molecular weight excluding hydrogens is 322 g/mol. The number of nitrogens with zero attached hydrogens (tertiary/aromatic N) is 5. The maximum absolute atomic E-state index is 12.5. The summed E-state index contributed by atoms with van der Waals surface area (Å²) in [7, 11) is 1.92. The van der Waals surface area contributed by atoms with E-state index in [-0.39, 0.29) is 5.91 Å². The van der Waals surface area contributed by atoms with E-state index in [0.29, 0.717) is 17.0 Å². The summed E-state index contributed by atoms with van der Waals surface area (Å²) in [5.74, 6) is 0.505. The number of rotatable bonds is 5. The molecule has 1 aromatic carbocycles. The Morgan fingerprint density at radius 1 is 1.29 bits per heavy atom. The van der Waals surface area contributed by atoms with E-state index in [1.807, 2.05) is 43.1 Å². The van der Waals surface area contributed by atoms with Crippen molar-refractivity contribution in [3.8, 4) is 5.69 Å². The molecule has 3 rings (SSSR count). The van der Waals surface area contributed by atoms with Gasteiger partial charge in [0.15, 0.2) is 0 Å². The van der Waals surface area contributed by atoms with E-state index < -0.39 is 0 Å². The zero-order valence-corrected chi connectivity index (χ0v) is 15.0. The Morgan fingerprint density at radius 3 is 2.79 bits per heavy atom. The Labute approximate surface area is 146 Å². The minimum atomic E-state index is 0.145. The molecule has 1 aliphatic carbocycles. The van der Waals surface area contributed by atoms with Crippen LogP contribution in [0.2, 0.25) is 0 Å². The molecule has 1 aliphatic rings. The number of hydrogen-bond donors (Lipinski definition) is 0. The van der Waals surface area contributed by atoms with Crippen LogP contribution in [0.4, 0.5) is 0 Å². The van der Waals surface area contributed by atoms with Crippen LogP contribution in [0.3, 0.4) is 0 Å². The van der Waals surface area contributed by atoms with E-state index in [0.717, 1.165) is 24.1 Å². The van der Waals surface area contributed by atoms with Crippen molar-refractivity contribution in [2.75, 3.05) is 12.8 Å². The van der Waals surface area contributed by atoms with Crippen LogP contribution in [-0.4, -0.2) is 49.9 Å². The van der Waals surface area contributed by atoms with Crippen molar-refractivity contribution >= 4 is 17.7 Å². The second-order valence-electron chi connectivity index (χ2n) is 6.24. The Bertz CT molecular complexity index is 696. The van der Waals surface area contributed by atoms with Gasteiger partial charge in [0.1, 0.15) is 0 Å². The summed E-state index contributed by atoms with van der Waals surface area (Å²) in [5.41, 5.74) is 2.04. The molecule has 6 nitrogen and oxygen atoms in total. The standard InChI is InChI=1S/C17H23N5OS/c1-13-8-6-7-11-15(13)22-17(18-19-20-22)24-12-16(23)21(2)14-9-4-3-5-10-14/h6-8,11,14H,3-5,9-10,12H2,1-2H3. The van der Waals surface area contributed by atoms with Gasteiger partial charge < -0.3 is 4.90 Å². The first kappa shape index (κ1) is 17.0. The molecule has 1 heterocycles. The lowest BCUT2D eigenvalue weighted by Crippen LogP contribution is -2.39. The molecule has 0 bridgehead atoms. The average molecular weight is 345 g/mol. The molecule has 24 heavy (non-hydrogen) atoms. The molecule has 128 valence electrons. The minimum Gasteiger partial charge on any atom is -0.342 e. The smallest absolute Gasteiger partial charge is 0.233 e.